The second-order valence-corrected chi connectivity index (χ2v) is 4.45. The first kappa shape index (κ1) is 17.1. The Morgan fingerprint density at radius 1 is 1.52 bits per heavy atom. The lowest BCUT2D eigenvalue weighted by molar-refractivity contribution is -0.127. The molecule has 0 saturated carbocycles. The number of nitrogens with one attached hydrogen (secondary N) is 2. The van der Waals surface area contributed by atoms with Crippen LogP contribution in [0.2, 0.25) is 0 Å². The number of carbonyl (C=O) groups is 1. The van der Waals surface area contributed by atoms with Gasteiger partial charge in [0.1, 0.15) is 5.75 Å². The third-order valence-corrected chi connectivity index (χ3v) is 2.69. The summed E-state index contributed by atoms with van der Waals surface area (Å²) >= 11 is 0. The Hall–Kier alpha value is -1.92. The van der Waals surface area contributed by atoms with Gasteiger partial charge >= 0.3 is 0 Å². The van der Waals surface area contributed by atoms with E-state index in [1.54, 1.807) is 32.4 Å². The molecule has 1 aromatic rings. The number of hydrogen-bond acceptors (Lipinski definition) is 5. The zero-order chi connectivity index (χ0) is 15.5. The molecule has 1 amide bonds. The van der Waals surface area contributed by atoms with Crippen molar-refractivity contribution in [3.63, 3.8) is 0 Å². The number of amides is 1. The Morgan fingerprint density at radius 3 is 2.95 bits per heavy atom. The molecular weight excluding hydrogens is 270 g/mol. The van der Waals surface area contributed by atoms with E-state index in [2.05, 4.69) is 22.2 Å². The van der Waals surface area contributed by atoms with E-state index in [9.17, 15) is 4.79 Å². The molecule has 0 aliphatic heterocycles. The van der Waals surface area contributed by atoms with E-state index in [1.165, 1.54) is 0 Å². The van der Waals surface area contributed by atoms with Crippen molar-refractivity contribution >= 4 is 5.91 Å². The first-order valence-electron chi connectivity index (χ1n) is 6.87. The second-order valence-electron chi connectivity index (χ2n) is 4.45. The maximum Gasteiger partial charge on any atom is 0.261 e. The van der Waals surface area contributed by atoms with Gasteiger partial charge in [0.05, 0.1) is 18.5 Å². The molecule has 1 atom stereocenters. The summed E-state index contributed by atoms with van der Waals surface area (Å²) in [5, 5.41) is 5.88. The largest absolute Gasteiger partial charge is 0.479 e. The minimum Gasteiger partial charge on any atom is -0.479 e. The fourth-order valence-electron chi connectivity index (χ4n) is 1.55. The van der Waals surface area contributed by atoms with Crippen molar-refractivity contribution in [1.29, 1.82) is 0 Å². The lowest BCUT2D eigenvalue weighted by Crippen LogP contribution is -2.36. The van der Waals surface area contributed by atoms with Crippen molar-refractivity contribution in [2.75, 3.05) is 26.8 Å². The van der Waals surface area contributed by atoms with E-state index >= 15 is 0 Å². The minimum atomic E-state index is -0.572. The zero-order valence-corrected chi connectivity index (χ0v) is 12.6. The van der Waals surface area contributed by atoms with Crippen LogP contribution in [0, 0.1) is 0 Å². The molecule has 116 valence electrons. The van der Waals surface area contributed by atoms with Crippen LogP contribution in [0.1, 0.15) is 12.6 Å². The summed E-state index contributed by atoms with van der Waals surface area (Å²) in [6.45, 7) is 7.77. The summed E-state index contributed by atoms with van der Waals surface area (Å²) in [6, 6.07) is 3.67. The number of ether oxygens (including phenoxy) is 2. The number of nitrogens with zero attached hydrogens (tertiary/aromatic N) is 1. The van der Waals surface area contributed by atoms with Crippen LogP contribution in [0.4, 0.5) is 0 Å². The van der Waals surface area contributed by atoms with Crippen molar-refractivity contribution in [3.8, 4) is 5.75 Å². The van der Waals surface area contributed by atoms with Crippen LogP contribution in [0.3, 0.4) is 0 Å². The van der Waals surface area contributed by atoms with Crippen molar-refractivity contribution in [1.82, 2.24) is 15.6 Å². The average Bonchev–Trinajstić information content (AvgIpc) is 2.50. The number of aromatic nitrogens is 1. The normalized spacial score (nSPS) is 11.7. The fourth-order valence-corrected chi connectivity index (χ4v) is 1.55. The molecule has 0 radical (unpaired) electrons. The Bertz CT molecular complexity index is 434. The van der Waals surface area contributed by atoms with Crippen molar-refractivity contribution in [3.05, 3.63) is 36.7 Å². The number of carbonyl (C=O) groups excluding carboxylic acids is 1. The topological polar surface area (TPSA) is 72.5 Å². The summed E-state index contributed by atoms with van der Waals surface area (Å²) in [5.74, 6) is 0.386. The van der Waals surface area contributed by atoms with Crippen LogP contribution < -0.4 is 15.4 Å². The minimum absolute atomic E-state index is 0.180. The third-order valence-electron chi connectivity index (χ3n) is 2.69. The smallest absolute Gasteiger partial charge is 0.261 e. The Morgan fingerprint density at radius 2 is 2.33 bits per heavy atom. The van der Waals surface area contributed by atoms with Gasteiger partial charge in [-0.15, -0.1) is 6.58 Å². The number of rotatable bonds is 10. The second kappa shape index (κ2) is 9.90. The number of methoxy groups -OCH3 is 1. The van der Waals surface area contributed by atoms with E-state index < -0.39 is 6.10 Å². The van der Waals surface area contributed by atoms with E-state index in [0.29, 0.717) is 25.4 Å². The van der Waals surface area contributed by atoms with Gasteiger partial charge < -0.3 is 20.1 Å². The highest BCUT2D eigenvalue weighted by atomic mass is 16.5. The van der Waals surface area contributed by atoms with Gasteiger partial charge in [0.25, 0.3) is 5.91 Å². The molecule has 21 heavy (non-hydrogen) atoms. The predicted octanol–water partition coefficient (Wildman–Crippen LogP) is 0.887. The summed E-state index contributed by atoms with van der Waals surface area (Å²) in [4.78, 5) is 15.9. The van der Waals surface area contributed by atoms with E-state index in [-0.39, 0.29) is 5.91 Å². The Labute approximate surface area is 125 Å². The summed E-state index contributed by atoms with van der Waals surface area (Å²) in [7, 11) is 1.67. The van der Waals surface area contributed by atoms with E-state index in [0.717, 1.165) is 12.2 Å². The monoisotopic (exact) mass is 293 g/mol. The van der Waals surface area contributed by atoms with Crippen LogP contribution in [0.5, 0.6) is 5.75 Å². The highest BCUT2D eigenvalue weighted by molar-refractivity contribution is 5.80. The number of pyridine rings is 1. The molecule has 0 spiro atoms. The molecule has 0 aliphatic rings. The van der Waals surface area contributed by atoms with Crippen LogP contribution in [-0.2, 0) is 16.1 Å². The lowest BCUT2D eigenvalue weighted by atomic mass is 10.3. The molecule has 6 nitrogen and oxygen atoms in total. The summed E-state index contributed by atoms with van der Waals surface area (Å²) in [6.07, 6.45) is 2.67. The van der Waals surface area contributed by atoms with Crippen molar-refractivity contribution in [2.24, 2.45) is 0 Å². The van der Waals surface area contributed by atoms with Gasteiger partial charge in [0.15, 0.2) is 6.10 Å². The molecule has 1 unspecified atom stereocenters. The maximum absolute atomic E-state index is 11.6. The molecule has 0 aliphatic carbocycles. The molecular formula is C15H23N3O3. The van der Waals surface area contributed by atoms with Gasteiger partial charge in [-0.25, -0.2) is 0 Å². The SMILES string of the molecule is C=CCNC(=O)C(C)Oc1ccc(CNCCOC)nc1. The molecule has 1 aromatic heterocycles. The fraction of sp³-hybridized carbons (Fsp3) is 0.467. The first-order valence-corrected chi connectivity index (χ1v) is 6.87. The van der Waals surface area contributed by atoms with Crippen LogP contribution in [-0.4, -0.2) is 43.8 Å². The lowest BCUT2D eigenvalue weighted by Gasteiger charge is -2.14. The molecule has 6 heteroatoms. The van der Waals surface area contributed by atoms with Crippen LogP contribution in [0.15, 0.2) is 31.0 Å². The van der Waals surface area contributed by atoms with E-state index in [1.807, 2.05) is 6.07 Å². The quantitative estimate of drug-likeness (QED) is 0.495. The van der Waals surface area contributed by atoms with Crippen molar-refractivity contribution in [2.45, 2.75) is 19.6 Å². The standard InChI is InChI=1S/C15H23N3O3/c1-4-7-17-15(19)12(2)21-14-6-5-13(18-11-14)10-16-8-9-20-3/h4-6,11-12,16H,1,7-10H2,2-3H3,(H,17,19). The molecule has 0 fully saturated rings. The zero-order valence-electron chi connectivity index (χ0n) is 12.6. The predicted molar refractivity (Wildman–Crippen MR) is 81.1 cm³/mol. The van der Waals surface area contributed by atoms with Gasteiger partial charge in [0, 0.05) is 26.7 Å². The van der Waals surface area contributed by atoms with Gasteiger partial charge in [-0.05, 0) is 19.1 Å². The van der Waals surface area contributed by atoms with E-state index in [4.69, 9.17) is 9.47 Å². The highest BCUT2D eigenvalue weighted by Crippen LogP contribution is 2.11. The third kappa shape index (κ3) is 6.87. The highest BCUT2D eigenvalue weighted by Gasteiger charge is 2.13. The van der Waals surface area contributed by atoms with Gasteiger partial charge in [-0.2, -0.15) is 0 Å². The average molecular weight is 293 g/mol. The number of hydrogen-bond donors (Lipinski definition) is 2. The summed E-state index contributed by atoms with van der Waals surface area (Å²) < 4.78 is 10.5. The Balaban J connectivity index is 2.39. The van der Waals surface area contributed by atoms with Crippen molar-refractivity contribution < 1.29 is 14.3 Å². The molecule has 2 N–H and O–H groups in total. The Kier molecular flexibility index (Phi) is 8.08. The molecule has 1 rings (SSSR count). The van der Waals surface area contributed by atoms with Crippen LogP contribution >= 0.6 is 0 Å². The maximum atomic E-state index is 11.6. The van der Waals surface area contributed by atoms with Gasteiger partial charge in [-0.1, -0.05) is 6.08 Å². The van der Waals surface area contributed by atoms with Gasteiger partial charge in [-0.3, -0.25) is 9.78 Å². The molecule has 0 bridgehead atoms. The molecule has 1 heterocycles. The van der Waals surface area contributed by atoms with Gasteiger partial charge in [0.2, 0.25) is 0 Å². The van der Waals surface area contributed by atoms with Crippen LogP contribution in [0.25, 0.3) is 0 Å². The molecule has 0 saturated heterocycles. The first-order chi connectivity index (χ1) is 10.2. The summed E-state index contributed by atoms with van der Waals surface area (Å²) in [5.41, 5.74) is 0.905. The molecule has 0 aromatic carbocycles.